The van der Waals surface area contributed by atoms with Crippen LogP contribution in [0.3, 0.4) is 0 Å². The summed E-state index contributed by atoms with van der Waals surface area (Å²) in [4.78, 5) is 24.1. The summed E-state index contributed by atoms with van der Waals surface area (Å²) in [6.07, 6.45) is 0.502. The second kappa shape index (κ2) is 8.32. The molecule has 2 aromatic carbocycles. The van der Waals surface area contributed by atoms with E-state index in [2.05, 4.69) is 0 Å². The van der Waals surface area contributed by atoms with Crippen molar-refractivity contribution in [3.05, 3.63) is 79.6 Å². The highest BCUT2D eigenvalue weighted by atomic mass is 35.5. The molecule has 0 radical (unpaired) electrons. The molecular formula is C20H17Cl2NO5. The molecule has 0 saturated heterocycles. The van der Waals surface area contributed by atoms with E-state index in [1.54, 1.807) is 30.3 Å². The Labute approximate surface area is 170 Å². The molecule has 0 aliphatic rings. The van der Waals surface area contributed by atoms with Gasteiger partial charge in [-0.05, 0) is 35.7 Å². The van der Waals surface area contributed by atoms with E-state index in [0.29, 0.717) is 22.0 Å². The van der Waals surface area contributed by atoms with Gasteiger partial charge in [-0.15, -0.1) is 0 Å². The Morgan fingerprint density at radius 1 is 1.18 bits per heavy atom. The van der Waals surface area contributed by atoms with Gasteiger partial charge < -0.3 is 19.9 Å². The Balaban J connectivity index is 2.14. The molecule has 8 heteroatoms. The predicted molar refractivity (Wildman–Crippen MR) is 108 cm³/mol. The van der Waals surface area contributed by atoms with Gasteiger partial charge in [0.25, 0.3) is 0 Å². The predicted octanol–water partition coefficient (Wildman–Crippen LogP) is 2.95. The third-order valence-electron chi connectivity index (χ3n) is 4.42. The number of aromatic nitrogens is 1. The Hall–Kier alpha value is -2.38. The van der Waals surface area contributed by atoms with Crippen LogP contribution in [-0.4, -0.2) is 38.6 Å². The minimum absolute atomic E-state index is 0.0486. The normalized spacial score (nSPS) is 12.3. The van der Waals surface area contributed by atoms with E-state index in [1.165, 1.54) is 10.8 Å². The highest BCUT2D eigenvalue weighted by molar-refractivity contribution is 6.42. The number of aliphatic hydroxyl groups is 2. The van der Waals surface area contributed by atoms with Crippen molar-refractivity contribution in [3.8, 4) is 0 Å². The van der Waals surface area contributed by atoms with Crippen LogP contribution >= 0.6 is 23.2 Å². The standard InChI is InChI=1S/C20H17Cl2NO5/c21-16-3-1-2-12(18(16)22)6-11-4-5-17-14(7-11)19(26)15(20(27)28)9-23(17)8-13(25)10-24/h1-5,7,9,13,24-25H,6,8,10H2,(H,27,28). The average Bonchev–Trinajstić information content (AvgIpc) is 2.67. The topological polar surface area (TPSA) is 99.8 Å². The molecule has 3 N–H and O–H groups in total. The van der Waals surface area contributed by atoms with Crippen LogP contribution in [0.2, 0.25) is 10.0 Å². The van der Waals surface area contributed by atoms with Gasteiger partial charge in [-0.3, -0.25) is 4.79 Å². The number of nitrogens with zero attached hydrogens (tertiary/aromatic N) is 1. The number of hydrogen-bond acceptors (Lipinski definition) is 4. The summed E-state index contributed by atoms with van der Waals surface area (Å²) < 4.78 is 1.46. The van der Waals surface area contributed by atoms with Gasteiger partial charge in [0.1, 0.15) is 5.56 Å². The first kappa shape index (κ1) is 20.4. The van der Waals surface area contributed by atoms with E-state index in [0.717, 1.165) is 11.1 Å². The van der Waals surface area contributed by atoms with Gasteiger partial charge in [0.2, 0.25) is 5.43 Å². The number of carboxylic acids is 1. The highest BCUT2D eigenvalue weighted by Gasteiger charge is 2.17. The van der Waals surface area contributed by atoms with Gasteiger partial charge in [-0.1, -0.05) is 41.4 Å². The Kier molecular flexibility index (Phi) is 6.05. The van der Waals surface area contributed by atoms with E-state index >= 15 is 0 Å². The van der Waals surface area contributed by atoms with E-state index in [9.17, 15) is 19.8 Å². The minimum Gasteiger partial charge on any atom is -0.477 e. The third kappa shape index (κ3) is 4.05. The van der Waals surface area contributed by atoms with E-state index in [4.69, 9.17) is 28.3 Å². The molecule has 0 bridgehead atoms. The summed E-state index contributed by atoms with van der Waals surface area (Å²) in [6, 6.07) is 10.4. The fraction of sp³-hybridized carbons (Fsp3) is 0.200. The third-order valence-corrected chi connectivity index (χ3v) is 5.28. The van der Waals surface area contributed by atoms with Crippen LogP contribution in [0.1, 0.15) is 21.5 Å². The monoisotopic (exact) mass is 421 g/mol. The van der Waals surface area contributed by atoms with E-state index < -0.39 is 29.7 Å². The number of rotatable bonds is 6. The van der Waals surface area contributed by atoms with E-state index in [1.807, 2.05) is 6.07 Å². The highest BCUT2D eigenvalue weighted by Crippen LogP contribution is 2.28. The van der Waals surface area contributed by atoms with Crippen LogP contribution in [0.15, 0.2) is 47.4 Å². The minimum atomic E-state index is -1.36. The van der Waals surface area contributed by atoms with Crippen molar-refractivity contribution in [1.29, 1.82) is 0 Å². The smallest absolute Gasteiger partial charge is 0.341 e. The van der Waals surface area contributed by atoms with Crippen LogP contribution in [-0.2, 0) is 13.0 Å². The van der Waals surface area contributed by atoms with Gasteiger partial charge in [0.05, 0.1) is 34.8 Å². The van der Waals surface area contributed by atoms with Gasteiger partial charge in [-0.2, -0.15) is 0 Å². The zero-order valence-electron chi connectivity index (χ0n) is 14.6. The van der Waals surface area contributed by atoms with Crippen molar-refractivity contribution < 1.29 is 20.1 Å². The fourth-order valence-corrected chi connectivity index (χ4v) is 3.43. The molecule has 6 nitrogen and oxygen atoms in total. The first-order valence-corrected chi connectivity index (χ1v) is 9.18. The summed E-state index contributed by atoms with van der Waals surface area (Å²) >= 11 is 12.3. The number of benzene rings is 2. The summed E-state index contributed by atoms with van der Waals surface area (Å²) in [5.41, 5.74) is 0.972. The van der Waals surface area contributed by atoms with Gasteiger partial charge in [0.15, 0.2) is 0 Å². The van der Waals surface area contributed by atoms with Crippen molar-refractivity contribution in [2.45, 2.75) is 19.1 Å². The lowest BCUT2D eigenvalue weighted by Gasteiger charge is -2.16. The molecule has 3 aromatic rings. The van der Waals surface area contributed by atoms with Crippen molar-refractivity contribution in [2.24, 2.45) is 0 Å². The number of halogens is 2. The maximum absolute atomic E-state index is 12.6. The molecule has 0 aliphatic carbocycles. The molecule has 1 aromatic heterocycles. The zero-order chi connectivity index (χ0) is 20.4. The first-order chi connectivity index (χ1) is 13.3. The molecule has 0 spiro atoms. The molecule has 28 heavy (non-hydrogen) atoms. The van der Waals surface area contributed by atoms with Crippen molar-refractivity contribution in [2.75, 3.05) is 6.61 Å². The summed E-state index contributed by atoms with van der Waals surface area (Å²) in [7, 11) is 0. The molecule has 1 heterocycles. The number of pyridine rings is 1. The Morgan fingerprint density at radius 2 is 1.93 bits per heavy atom. The molecule has 146 valence electrons. The van der Waals surface area contributed by atoms with Gasteiger partial charge in [0, 0.05) is 11.6 Å². The molecule has 0 saturated carbocycles. The molecule has 0 amide bonds. The largest absolute Gasteiger partial charge is 0.477 e. The molecular weight excluding hydrogens is 405 g/mol. The average molecular weight is 422 g/mol. The fourth-order valence-electron chi connectivity index (χ4n) is 3.05. The SMILES string of the molecule is O=C(O)c1cn(CC(O)CO)c2ccc(Cc3cccc(Cl)c3Cl)cc2c1=O. The number of carbonyl (C=O) groups is 1. The molecule has 3 rings (SSSR count). The maximum Gasteiger partial charge on any atom is 0.341 e. The number of fused-ring (bicyclic) bond motifs is 1. The summed E-state index contributed by atoms with van der Waals surface area (Å²) in [5.74, 6) is -1.36. The van der Waals surface area contributed by atoms with Crippen molar-refractivity contribution in [1.82, 2.24) is 4.57 Å². The number of carboxylic acid groups (broad SMARTS) is 1. The van der Waals surface area contributed by atoms with Crippen LogP contribution < -0.4 is 5.43 Å². The van der Waals surface area contributed by atoms with E-state index in [-0.39, 0.29) is 11.9 Å². The Morgan fingerprint density at radius 3 is 2.61 bits per heavy atom. The Bertz CT molecular complexity index is 1110. The lowest BCUT2D eigenvalue weighted by molar-refractivity contribution is 0.0691. The number of aliphatic hydroxyl groups excluding tert-OH is 2. The second-order valence-corrected chi connectivity index (χ2v) is 7.19. The number of hydrogen-bond donors (Lipinski definition) is 3. The second-order valence-electron chi connectivity index (χ2n) is 6.41. The van der Waals surface area contributed by atoms with Gasteiger partial charge >= 0.3 is 5.97 Å². The van der Waals surface area contributed by atoms with Crippen LogP contribution in [0.5, 0.6) is 0 Å². The lowest BCUT2D eigenvalue weighted by Crippen LogP contribution is -2.24. The molecule has 0 fully saturated rings. The van der Waals surface area contributed by atoms with Crippen molar-refractivity contribution >= 4 is 40.1 Å². The number of aromatic carboxylic acids is 1. The summed E-state index contributed by atoms with van der Waals surface area (Å²) in [6.45, 7) is -0.533. The van der Waals surface area contributed by atoms with Crippen LogP contribution in [0.25, 0.3) is 10.9 Å². The zero-order valence-corrected chi connectivity index (χ0v) is 16.1. The first-order valence-electron chi connectivity index (χ1n) is 8.43. The molecule has 1 unspecified atom stereocenters. The maximum atomic E-state index is 12.6. The van der Waals surface area contributed by atoms with Crippen LogP contribution in [0, 0.1) is 0 Å². The van der Waals surface area contributed by atoms with Crippen molar-refractivity contribution in [3.63, 3.8) is 0 Å². The molecule has 1 atom stereocenters. The summed E-state index contributed by atoms with van der Waals surface area (Å²) in [5, 5.41) is 29.3. The molecule has 0 aliphatic heterocycles. The van der Waals surface area contributed by atoms with Crippen LogP contribution in [0.4, 0.5) is 0 Å². The van der Waals surface area contributed by atoms with Gasteiger partial charge in [-0.25, -0.2) is 4.79 Å². The quantitative estimate of drug-likeness (QED) is 0.567. The lowest BCUT2D eigenvalue weighted by atomic mass is 10.0.